The molecule has 168 valence electrons. The number of aliphatic imine (C=N–C) groups is 1. The lowest BCUT2D eigenvalue weighted by Gasteiger charge is -2.12. The van der Waals surface area contributed by atoms with Gasteiger partial charge >= 0.3 is 6.18 Å². The summed E-state index contributed by atoms with van der Waals surface area (Å²) in [4.78, 5) is 16.7. The highest BCUT2D eigenvalue weighted by Crippen LogP contribution is 2.33. The van der Waals surface area contributed by atoms with Crippen LogP contribution in [-0.2, 0) is 6.18 Å². The molecule has 0 fully saturated rings. The van der Waals surface area contributed by atoms with Gasteiger partial charge in [0.05, 0.1) is 5.69 Å². The molecule has 0 atom stereocenters. The number of aromatic nitrogens is 3. The van der Waals surface area contributed by atoms with E-state index in [1.54, 1.807) is 37.3 Å². The Labute approximate surface area is 193 Å². The normalized spacial score (nSPS) is 13.2. The zero-order valence-electron chi connectivity index (χ0n) is 18.0. The minimum atomic E-state index is -4.62. The van der Waals surface area contributed by atoms with Crippen molar-refractivity contribution in [3.8, 4) is 33.8 Å². The first-order valence-electron chi connectivity index (χ1n) is 10.4. The van der Waals surface area contributed by atoms with Gasteiger partial charge in [-0.3, -0.25) is 4.98 Å². The Hall–Kier alpha value is -4.27. The van der Waals surface area contributed by atoms with E-state index in [9.17, 15) is 13.2 Å². The Morgan fingerprint density at radius 3 is 2.12 bits per heavy atom. The second-order valence-electron chi connectivity index (χ2n) is 7.67. The molecule has 0 unspecified atom stereocenters. The third kappa shape index (κ3) is 4.45. The van der Waals surface area contributed by atoms with Gasteiger partial charge in [-0.1, -0.05) is 36.4 Å². The quantitative estimate of drug-likeness (QED) is 0.357. The summed E-state index contributed by atoms with van der Waals surface area (Å²) in [6, 6.07) is 19.0. The molecule has 5 rings (SSSR count). The van der Waals surface area contributed by atoms with Crippen molar-refractivity contribution in [2.75, 3.05) is 6.67 Å². The lowest BCUT2D eigenvalue weighted by molar-refractivity contribution is -0.141. The Morgan fingerprint density at radius 1 is 0.765 bits per heavy atom. The molecule has 4 aromatic rings. The van der Waals surface area contributed by atoms with E-state index < -0.39 is 11.9 Å². The number of nitrogens with zero attached hydrogens (tertiary/aromatic N) is 6. The maximum atomic E-state index is 13.6. The summed E-state index contributed by atoms with van der Waals surface area (Å²) >= 11 is 0. The molecule has 1 aliphatic rings. The molecule has 0 spiro atoms. The molecule has 0 amide bonds. The average Bonchev–Trinajstić information content (AvgIpc) is 3.39. The largest absolute Gasteiger partial charge is 0.433 e. The van der Waals surface area contributed by atoms with Gasteiger partial charge in [-0.05, 0) is 48.4 Å². The first kappa shape index (κ1) is 21.6. The van der Waals surface area contributed by atoms with Gasteiger partial charge in [-0.2, -0.15) is 18.3 Å². The number of halogens is 3. The summed E-state index contributed by atoms with van der Waals surface area (Å²) < 4.78 is 40.9. The van der Waals surface area contributed by atoms with Crippen LogP contribution in [0.15, 0.2) is 88.1 Å². The van der Waals surface area contributed by atoms with Crippen LogP contribution in [0.3, 0.4) is 0 Å². The van der Waals surface area contributed by atoms with Crippen molar-refractivity contribution < 1.29 is 13.2 Å². The second-order valence-corrected chi connectivity index (χ2v) is 7.67. The Morgan fingerprint density at radius 2 is 1.47 bits per heavy atom. The predicted molar refractivity (Wildman–Crippen MR) is 122 cm³/mol. The van der Waals surface area contributed by atoms with Crippen LogP contribution in [0.2, 0.25) is 0 Å². The third-order valence-corrected chi connectivity index (χ3v) is 5.25. The van der Waals surface area contributed by atoms with E-state index in [1.807, 2.05) is 30.3 Å². The SMILES string of the molecule is Cc1ccc(-c2cc(C(F)(F)F)nc(-c3cccc(-c4cccc(C5=NCN=N5)c4)c3)n2)cn1. The standard InChI is InChI=1S/C25H17F3N6/c1-15-8-9-20(13-29-15)21-12-22(25(26,27)28)33-24(32-21)19-7-3-5-17(11-19)16-4-2-6-18(10-16)23-30-14-31-34-23/h2-13H,14H2,1H3. The van der Waals surface area contributed by atoms with E-state index in [0.29, 0.717) is 23.6 Å². The van der Waals surface area contributed by atoms with E-state index in [1.165, 1.54) is 6.20 Å². The molecule has 0 bridgehead atoms. The molecular weight excluding hydrogens is 441 g/mol. The molecule has 9 heteroatoms. The summed E-state index contributed by atoms with van der Waals surface area (Å²) in [6.45, 7) is 2.11. The van der Waals surface area contributed by atoms with Crippen molar-refractivity contribution in [3.63, 3.8) is 0 Å². The fourth-order valence-corrected chi connectivity index (χ4v) is 3.54. The number of hydrogen-bond donors (Lipinski definition) is 0. The predicted octanol–water partition coefficient (Wildman–Crippen LogP) is 6.37. The molecule has 3 heterocycles. The zero-order chi connectivity index (χ0) is 23.7. The Balaban J connectivity index is 1.59. The average molecular weight is 458 g/mol. The Bertz CT molecular complexity index is 1430. The molecule has 2 aromatic heterocycles. The highest BCUT2D eigenvalue weighted by Gasteiger charge is 2.34. The van der Waals surface area contributed by atoms with E-state index in [-0.39, 0.29) is 11.5 Å². The number of benzene rings is 2. The van der Waals surface area contributed by atoms with Gasteiger partial charge in [-0.15, -0.1) is 5.11 Å². The van der Waals surface area contributed by atoms with Gasteiger partial charge in [0.15, 0.2) is 18.3 Å². The molecule has 0 N–H and O–H groups in total. The molecule has 2 aromatic carbocycles. The molecule has 0 saturated heterocycles. The molecule has 6 nitrogen and oxygen atoms in total. The summed E-state index contributed by atoms with van der Waals surface area (Å²) in [6.07, 6.45) is -3.11. The van der Waals surface area contributed by atoms with E-state index >= 15 is 0 Å². The monoisotopic (exact) mass is 458 g/mol. The van der Waals surface area contributed by atoms with E-state index in [0.717, 1.165) is 28.5 Å². The zero-order valence-corrected chi connectivity index (χ0v) is 18.0. The number of azo groups is 1. The van der Waals surface area contributed by atoms with Crippen LogP contribution < -0.4 is 0 Å². The smallest absolute Gasteiger partial charge is 0.261 e. The number of rotatable bonds is 4. The van der Waals surface area contributed by atoms with Gasteiger partial charge < -0.3 is 0 Å². The fourth-order valence-electron chi connectivity index (χ4n) is 3.54. The molecular formula is C25H17F3N6. The highest BCUT2D eigenvalue weighted by atomic mass is 19.4. The van der Waals surface area contributed by atoms with Crippen molar-refractivity contribution in [2.45, 2.75) is 13.1 Å². The minimum Gasteiger partial charge on any atom is -0.261 e. The minimum absolute atomic E-state index is 0.0163. The highest BCUT2D eigenvalue weighted by molar-refractivity contribution is 6.00. The van der Waals surface area contributed by atoms with Crippen molar-refractivity contribution in [2.24, 2.45) is 15.2 Å². The van der Waals surface area contributed by atoms with Crippen LogP contribution in [0.1, 0.15) is 17.0 Å². The van der Waals surface area contributed by atoms with Crippen molar-refractivity contribution in [1.29, 1.82) is 0 Å². The number of alkyl halides is 3. The van der Waals surface area contributed by atoms with Gasteiger partial charge in [0.25, 0.3) is 0 Å². The molecule has 34 heavy (non-hydrogen) atoms. The van der Waals surface area contributed by atoms with Gasteiger partial charge in [0, 0.05) is 28.6 Å². The topological polar surface area (TPSA) is 75.8 Å². The number of hydrogen-bond acceptors (Lipinski definition) is 6. The van der Waals surface area contributed by atoms with Gasteiger partial charge in [0.2, 0.25) is 0 Å². The molecule has 0 radical (unpaired) electrons. The lowest BCUT2D eigenvalue weighted by Crippen LogP contribution is -2.10. The summed E-state index contributed by atoms with van der Waals surface area (Å²) in [7, 11) is 0. The maximum absolute atomic E-state index is 13.6. The first-order chi connectivity index (χ1) is 16.4. The van der Waals surface area contributed by atoms with Crippen LogP contribution in [0.4, 0.5) is 13.2 Å². The first-order valence-corrected chi connectivity index (χ1v) is 10.4. The van der Waals surface area contributed by atoms with Crippen LogP contribution in [0, 0.1) is 6.92 Å². The summed E-state index contributed by atoms with van der Waals surface area (Å²) in [5.74, 6) is 0.535. The summed E-state index contributed by atoms with van der Waals surface area (Å²) in [5.41, 5.74) is 3.33. The van der Waals surface area contributed by atoms with Crippen molar-refractivity contribution in [3.05, 3.63) is 89.9 Å². The van der Waals surface area contributed by atoms with E-state index in [2.05, 4.69) is 30.2 Å². The third-order valence-electron chi connectivity index (χ3n) is 5.25. The molecule has 0 saturated carbocycles. The summed E-state index contributed by atoms with van der Waals surface area (Å²) in [5, 5.41) is 7.90. The Kier molecular flexibility index (Phi) is 5.45. The van der Waals surface area contributed by atoms with Crippen LogP contribution >= 0.6 is 0 Å². The second kappa shape index (κ2) is 8.58. The van der Waals surface area contributed by atoms with Gasteiger partial charge in [-0.25, -0.2) is 15.0 Å². The van der Waals surface area contributed by atoms with Gasteiger partial charge in [0.1, 0.15) is 5.69 Å². The van der Waals surface area contributed by atoms with Crippen molar-refractivity contribution in [1.82, 2.24) is 15.0 Å². The van der Waals surface area contributed by atoms with Crippen LogP contribution in [0.5, 0.6) is 0 Å². The van der Waals surface area contributed by atoms with Crippen molar-refractivity contribution >= 4 is 5.84 Å². The van der Waals surface area contributed by atoms with E-state index in [4.69, 9.17) is 0 Å². The molecule has 0 aliphatic carbocycles. The van der Waals surface area contributed by atoms with Crippen LogP contribution in [-0.4, -0.2) is 27.5 Å². The number of aryl methyl sites for hydroxylation is 1. The fraction of sp³-hybridized carbons (Fsp3) is 0.120. The number of pyridine rings is 1. The number of amidine groups is 1. The van der Waals surface area contributed by atoms with Crippen LogP contribution in [0.25, 0.3) is 33.8 Å². The molecule has 1 aliphatic heterocycles. The maximum Gasteiger partial charge on any atom is 0.433 e. The lowest BCUT2D eigenvalue weighted by atomic mass is 10.0.